The summed E-state index contributed by atoms with van der Waals surface area (Å²) >= 11 is 2.17. The molecule has 0 aliphatic heterocycles. The highest BCUT2D eigenvalue weighted by molar-refractivity contribution is 14.1. The van der Waals surface area contributed by atoms with Gasteiger partial charge in [0.15, 0.2) is 0 Å². The highest BCUT2D eigenvalue weighted by Crippen LogP contribution is 2.27. The lowest BCUT2D eigenvalue weighted by molar-refractivity contribution is 0.0954. The molecule has 4 aromatic rings. The molecule has 0 heterocycles. The van der Waals surface area contributed by atoms with Crippen molar-refractivity contribution in [2.24, 2.45) is 5.10 Å². The van der Waals surface area contributed by atoms with Gasteiger partial charge >= 0.3 is 0 Å². The minimum Gasteiger partial charge on any atom is -0.496 e. The van der Waals surface area contributed by atoms with Crippen LogP contribution in [0, 0.1) is 3.57 Å². The van der Waals surface area contributed by atoms with E-state index in [0.29, 0.717) is 11.3 Å². The summed E-state index contributed by atoms with van der Waals surface area (Å²) in [6.45, 7) is 0. The molecule has 0 unspecified atom stereocenters. The second-order valence-electron chi connectivity index (χ2n) is 6.28. The first-order chi connectivity index (χ1) is 13.7. The number of rotatable bonds is 4. The Morgan fingerprint density at radius 3 is 2.25 bits per heavy atom. The van der Waals surface area contributed by atoms with Crippen molar-refractivity contribution < 1.29 is 9.53 Å². The molecular weight excluding hydrogens is 463 g/mol. The molecule has 0 saturated carbocycles. The first-order valence-corrected chi connectivity index (χ1v) is 9.82. The van der Waals surface area contributed by atoms with Gasteiger partial charge in [0, 0.05) is 11.1 Å². The zero-order valence-corrected chi connectivity index (χ0v) is 17.3. The van der Waals surface area contributed by atoms with E-state index in [2.05, 4.69) is 63.4 Å². The molecule has 0 aliphatic carbocycles. The summed E-state index contributed by atoms with van der Waals surface area (Å²) in [6.07, 6.45) is 1.71. The highest BCUT2D eigenvalue weighted by atomic mass is 127. The maximum Gasteiger partial charge on any atom is 0.271 e. The maximum absolute atomic E-state index is 12.5. The van der Waals surface area contributed by atoms with E-state index in [0.717, 1.165) is 30.7 Å². The molecular formula is C23H17IN2O2. The van der Waals surface area contributed by atoms with Gasteiger partial charge in [-0.1, -0.05) is 48.5 Å². The number of nitrogens with zero attached hydrogens (tertiary/aromatic N) is 1. The van der Waals surface area contributed by atoms with Crippen molar-refractivity contribution in [3.8, 4) is 5.75 Å². The Morgan fingerprint density at radius 1 is 0.964 bits per heavy atom. The molecule has 0 spiro atoms. The standard InChI is InChI=1S/C23H17IN2O2/c1-28-22-13-17(10-11-21(22)24)23(27)26-25-14-20-18-8-4-2-6-15(18)12-16-7-3-5-9-19(16)20/h2-14H,1H3,(H,26,27). The minimum atomic E-state index is -0.282. The summed E-state index contributed by atoms with van der Waals surface area (Å²) in [5, 5.41) is 8.69. The molecule has 0 atom stereocenters. The van der Waals surface area contributed by atoms with Gasteiger partial charge in [-0.15, -0.1) is 0 Å². The first-order valence-electron chi connectivity index (χ1n) is 8.75. The fourth-order valence-corrected chi connectivity index (χ4v) is 3.76. The van der Waals surface area contributed by atoms with Crippen molar-refractivity contribution in [1.29, 1.82) is 0 Å². The fraction of sp³-hybridized carbons (Fsp3) is 0.0435. The van der Waals surface area contributed by atoms with Crippen molar-refractivity contribution in [3.05, 3.63) is 87.5 Å². The van der Waals surface area contributed by atoms with Crippen LogP contribution >= 0.6 is 22.6 Å². The molecule has 0 aliphatic rings. The summed E-state index contributed by atoms with van der Waals surface area (Å²) in [5.41, 5.74) is 4.10. The van der Waals surface area contributed by atoms with Crippen LogP contribution in [-0.2, 0) is 0 Å². The van der Waals surface area contributed by atoms with Crippen molar-refractivity contribution in [3.63, 3.8) is 0 Å². The van der Waals surface area contributed by atoms with E-state index in [1.807, 2.05) is 30.3 Å². The van der Waals surface area contributed by atoms with Crippen LogP contribution in [0.1, 0.15) is 15.9 Å². The molecule has 4 aromatic carbocycles. The third-order valence-corrected chi connectivity index (χ3v) is 5.48. The minimum absolute atomic E-state index is 0.282. The summed E-state index contributed by atoms with van der Waals surface area (Å²) in [6, 6.07) is 23.8. The average molecular weight is 480 g/mol. The van der Waals surface area contributed by atoms with Crippen LogP contribution in [0.3, 0.4) is 0 Å². The third-order valence-electron chi connectivity index (χ3n) is 4.59. The van der Waals surface area contributed by atoms with E-state index < -0.39 is 0 Å². The molecule has 4 rings (SSSR count). The molecule has 138 valence electrons. The normalized spacial score (nSPS) is 11.2. The van der Waals surface area contributed by atoms with E-state index in [-0.39, 0.29) is 5.91 Å². The van der Waals surface area contributed by atoms with Crippen LogP contribution in [0.5, 0.6) is 5.75 Å². The monoisotopic (exact) mass is 480 g/mol. The fourth-order valence-electron chi connectivity index (χ4n) is 3.21. The zero-order valence-electron chi connectivity index (χ0n) is 15.1. The van der Waals surface area contributed by atoms with Crippen LogP contribution in [0.2, 0.25) is 0 Å². The lowest BCUT2D eigenvalue weighted by Gasteiger charge is -2.08. The molecule has 1 amide bonds. The van der Waals surface area contributed by atoms with Crippen LogP contribution in [0.25, 0.3) is 21.5 Å². The number of hydrazone groups is 1. The van der Waals surface area contributed by atoms with Gasteiger partial charge in [-0.3, -0.25) is 4.79 Å². The number of carbonyl (C=O) groups is 1. The van der Waals surface area contributed by atoms with Gasteiger partial charge in [-0.05, 0) is 68.4 Å². The van der Waals surface area contributed by atoms with Gasteiger partial charge < -0.3 is 4.74 Å². The van der Waals surface area contributed by atoms with E-state index in [1.54, 1.807) is 25.5 Å². The van der Waals surface area contributed by atoms with Gasteiger partial charge in [0.2, 0.25) is 0 Å². The summed E-state index contributed by atoms with van der Waals surface area (Å²) in [7, 11) is 1.59. The highest BCUT2D eigenvalue weighted by Gasteiger charge is 2.09. The van der Waals surface area contributed by atoms with Gasteiger partial charge in [0.1, 0.15) is 5.75 Å². The van der Waals surface area contributed by atoms with E-state index in [9.17, 15) is 4.79 Å². The second-order valence-corrected chi connectivity index (χ2v) is 7.44. The number of nitrogens with one attached hydrogen (secondary N) is 1. The molecule has 0 radical (unpaired) electrons. The summed E-state index contributed by atoms with van der Waals surface area (Å²) in [4.78, 5) is 12.5. The number of amides is 1. The van der Waals surface area contributed by atoms with Gasteiger partial charge in [0.25, 0.3) is 5.91 Å². The zero-order chi connectivity index (χ0) is 19.5. The van der Waals surface area contributed by atoms with E-state index >= 15 is 0 Å². The molecule has 1 N–H and O–H groups in total. The van der Waals surface area contributed by atoms with Crippen molar-refractivity contribution in [2.75, 3.05) is 7.11 Å². The van der Waals surface area contributed by atoms with Crippen LogP contribution in [-0.4, -0.2) is 19.2 Å². The van der Waals surface area contributed by atoms with E-state index in [1.165, 1.54) is 0 Å². The predicted molar refractivity (Wildman–Crippen MR) is 122 cm³/mol. The Hall–Kier alpha value is -2.93. The Balaban J connectivity index is 1.67. The number of fused-ring (bicyclic) bond motifs is 2. The largest absolute Gasteiger partial charge is 0.496 e. The predicted octanol–water partition coefficient (Wildman–Crippen LogP) is 5.37. The molecule has 0 fully saturated rings. The molecule has 0 bridgehead atoms. The molecule has 0 aromatic heterocycles. The Bertz CT molecular complexity index is 1160. The Labute approximate surface area is 176 Å². The topological polar surface area (TPSA) is 50.7 Å². The second kappa shape index (κ2) is 7.98. The maximum atomic E-state index is 12.5. The summed E-state index contributed by atoms with van der Waals surface area (Å²) < 4.78 is 6.23. The van der Waals surface area contributed by atoms with Gasteiger partial charge in [-0.25, -0.2) is 5.43 Å². The van der Waals surface area contributed by atoms with Gasteiger partial charge in [0.05, 0.1) is 16.9 Å². The number of ether oxygens (including phenoxy) is 1. The number of carbonyl (C=O) groups excluding carboxylic acids is 1. The number of methoxy groups -OCH3 is 1. The first kappa shape index (κ1) is 18.4. The number of hydrogen-bond acceptors (Lipinski definition) is 3. The number of halogens is 1. The SMILES string of the molecule is COc1cc(C(=O)NN=Cc2c3ccccc3cc3ccccc23)ccc1I. The lowest BCUT2D eigenvalue weighted by atomic mass is 9.97. The van der Waals surface area contributed by atoms with Crippen molar-refractivity contribution >= 4 is 56.3 Å². The average Bonchev–Trinajstić information content (AvgIpc) is 2.73. The molecule has 4 nitrogen and oxygen atoms in total. The molecule has 28 heavy (non-hydrogen) atoms. The van der Waals surface area contributed by atoms with E-state index in [4.69, 9.17) is 4.74 Å². The van der Waals surface area contributed by atoms with Crippen LogP contribution < -0.4 is 10.2 Å². The Morgan fingerprint density at radius 2 is 1.61 bits per heavy atom. The smallest absolute Gasteiger partial charge is 0.271 e. The van der Waals surface area contributed by atoms with Crippen molar-refractivity contribution in [1.82, 2.24) is 5.43 Å². The van der Waals surface area contributed by atoms with Crippen molar-refractivity contribution in [2.45, 2.75) is 0 Å². The third kappa shape index (κ3) is 3.57. The lowest BCUT2D eigenvalue weighted by Crippen LogP contribution is -2.17. The van der Waals surface area contributed by atoms with Crippen LogP contribution in [0.4, 0.5) is 0 Å². The molecule has 0 saturated heterocycles. The van der Waals surface area contributed by atoms with Crippen LogP contribution in [0.15, 0.2) is 77.9 Å². The molecule has 5 heteroatoms. The quantitative estimate of drug-likeness (QED) is 0.185. The Kier molecular flexibility index (Phi) is 5.25. The van der Waals surface area contributed by atoms with Gasteiger partial charge in [-0.2, -0.15) is 5.10 Å². The number of hydrogen-bond donors (Lipinski definition) is 1. The summed E-state index contributed by atoms with van der Waals surface area (Å²) in [5.74, 6) is 0.382. The number of benzene rings is 4.